The second-order valence-corrected chi connectivity index (χ2v) is 9.29. The van der Waals surface area contributed by atoms with Crippen molar-refractivity contribution in [2.75, 3.05) is 33.2 Å². The van der Waals surface area contributed by atoms with E-state index in [9.17, 15) is 4.79 Å². The van der Waals surface area contributed by atoms with E-state index in [1.165, 1.54) is 0 Å². The number of thiazole rings is 1. The molecule has 7 nitrogen and oxygen atoms in total. The number of hydrogen-bond donors (Lipinski definition) is 3. The number of aliphatic imine (C=N–C) groups is 1. The van der Waals surface area contributed by atoms with Gasteiger partial charge in [0.25, 0.3) is 0 Å². The highest BCUT2D eigenvalue weighted by Crippen LogP contribution is 2.23. The zero-order valence-electron chi connectivity index (χ0n) is 18.0. The number of guanidine groups is 1. The summed E-state index contributed by atoms with van der Waals surface area (Å²) < 4.78 is 0. The van der Waals surface area contributed by atoms with Gasteiger partial charge in [-0.2, -0.15) is 0 Å². The predicted octanol–water partition coefficient (Wildman–Crippen LogP) is 2.10. The van der Waals surface area contributed by atoms with Gasteiger partial charge in [-0.05, 0) is 19.3 Å². The van der Waals surface area contributed by atoms with E-state index in [4.69, 9.17) is 4.98 Å². The predicted molar refractivity (Wildman–Crippen MR) is 117 cm³/mol. The van der Waals surface area contributed by atoms with Crippen LogP contribution >= 0.6 is 11.3 Å². The van der Waals surface area contributed by atoms with E-state index in [1.54, 1.807) is 18.4 Å². The Labute approximate surface area is 173 Å². The molecule has 8 heteroatoms. The molecule has 0 aliphatic carbocycles. The third-order valence-electron chi connectivity index (χ3n) is 4.82. The van der Waals surface area contributed by atoms with E-state index in [2.05, 4.69) is 58.9 Å². The summed E-state index contributed by atoms with van der Waals surface area (Å²) in [5, 5.41) is 13.0. The smallest absolute Gasteiger partial charge is 0.234 e. The molecule has 0 unspecified atom stereocenters. The molecular weight excluding hydrogens is 372 g/mol. The molecule has 1 amide bonds. The van der Waals surface area contributed by atoms with Crippen LogP contribution in [0.3, 0.4) is 0 Å². The Morgan fingerprint density at radius 1 is 1.32 bits per heavy atom. The fourth-order valence-electron chi connectivity index (χ4n) is 3.04. The molecular formula is C20H36N6OS. The van der Waals surface area contributed by atoms with Gasteiger partial charge in [-0.25, -0.2) is 4.98 Å². The van der Waals surface area contributed by atoms with Gasteiger partial charge in [0.2, 0.25) is 5.91 Å². The Hall–Kier alpha value is -1.67. The zero-order valence-corrected chi connectivity index (χ0v) is 18.8. The molecule has 1 aliphatic heterocycles. The highest BCUT2D eigenvalue weighted by molar-refractivity contribution is 7.09. The largest absolute Gasteiger partial charge is 0.355 e. The highest BCUT2D eigenvalue weighted by Gasteiger charge is 2.22. The lowest BCUT2D eigenvalue weighted by molar-refractivity contribution is -0.122. The van der Waals surface area contributed by atoms with Gasteiger partial charge in [0.1, 0.15) is 5.01 Å². The van der Waals surface area contributed by atoms with Gasteiger partial charge in [-0.1, -0.05) is 27.7 Å². The van der Waals surface area contributed by atoms with Crippen molar-refractivity contribution in [2.24, 2.45) is 4.99 Å². The minimum atomic E-state index is 0.0795. The minimum absolute atomic E-state index is 0.0795. The third-order valence-corrected chi connectivity index (χ3v) is 5.67. The number of amides is 1. The highest BCUT2D eigenvalue weighted by atomic mass is 32.1. The number of nitrogens with one attached hydrogen (secondary N) is 3. The first-order chi connectivity index (χ1) is 13.3. The van der Waals surface area contributed by atoms with Crippen molar-refractivity contribution in [2.45, 2.75) is 65.0 Å². The number of aromatic nitrogens is 1. The topological polar surface area (TPSA) is 81.7 Å². The molecule has 1 saturated heterocycles. The van der Waals surface area contributed by atoms with Gasteiger partial charge >= 0.3 is 0 Å². The number of hydrogen-bond acceptors (Lipinski definition) is 5. The van der Waals surface area contributed by atoms with Crippen molar-refractivity contribution in [3.63, 3.8) is 0 Å². The van der Waals surface area contributed by atoms with Crippen molar-refractivity contribution < 1.29 is 4.79 Å². The number of carbonyl (C=O) groups is 1. The van der Waals surface area contributed by atoms with Crippen molar-refractivity contribution in [1.29, 1.82) is 0 Å². The van der Waals surface area contributed by atoms with E-state index in [-0.39, 0.29) is 11.3 Å². The maximum atomic E-state index is 11.9. The summed E-state index contributed by atoms with van der Waals surface area (Å²) in [4.78, 5) is 23.2. The molecule has 1 fully saturated rings. The van der Waals surface area contributed by atoms with Gasteiger partial charge < -0.3 is 16.0 Å². The molecule has 1 aliphatic rings. The van der Waals surface area contributed by atoms with Gasteiger partial charge in [0.05, 0.1) is 18.8 Å². The van der Waals surface area contributed by atoms with Gasteiger partial charge in [-0.15, -0.1) is 11.3 Å². The number of nitrogens with zero attached hydrogens (tertiary/aromatic N) is 3. The van der Waals surface area contributed by atoms with Crippen LogP contribution in [0.1, 0.15) is 57.7 Å². The lowest BCUT2D eigenvalue weighted by Crippen LogP contribution is -2.50. The van der Waals surface area contributed by atoms with E-state index in [0.717, 1.165) is 55.6 Å². The average Bonchev–Trinajstić information content (AvgIpc) is 3.14. The lowest BCUT2D eigenvalue weighted by atomic mass is 9.93. The van der Waals surface area contributed by atoms with Crippen LogP contribution in [0, 0.1) is 0 Å². The number of rotatable bonds is 7. The molecule has 0 saturated carbocycles. The summed E-state index contributed by atoms with van der Waals surface area (Å²) in [6, 6.07) is 0.377. The Morgan fingerprint density at radius 2 is 2.04 bits per heavy atom. The zero-order chi connectivity index (χ0) is 20.6. The van der Waals surface area contributed by atoms with Crippen LogP contribution in [0.25, 0.3) is 0 Å². The summed E-state index contributed by atoms with van der Waals surface area (Å²) in [7, 11) is 1.80. The van der Waals surface area contributed by atoms with Crippen LogP contribution < -0.4 is 16.0 Å². The van der Waals surface area contributed by atoms with Crippen molar-refractivity contribution in [3.8, 4) is 0 Å². The first-order valence-electron chi connectivity index (χ1n) is 10.2. The molecule has 0 bridgehead atoms. The molecule has 28 heavy (non-hydrogen) atoms. The molecule has 0 aromatic carbocycles. The summed E-state index contributed by atoms with van der Waals surface area (Å²) >= 11 is 1.69. The second-order valence-electron chi connectivity index (χ2n) is 8.35. The molecule has 2 heterocycles. The molecule has 2 rings (SSSR count). The lowest BCUT2D eigenvalue weighted by Gasteiger charge is -2.32. The van der Waals surface area contributed by atoms with Crippen LogP contribution in [-0.2, 0) is 16.8 Å². The number of carbonyl (C=O) groups excluding carboxylic acids is 1. The van der Waals surface area contributed by atoms with Gasteiger partial charge in [0, 0.05) is 43.5 Å². The van der Waals surface area contributed by atoms with Crippen LogP contribution in [-0.4, -0.2) is 61.0 Å². The SMILES string of the molecule is CCCNC(=O)CN1CCC(NC(=NC)NCc2nc(C(C)(C)C)cs2)CC1. The first-order valence-corrected chi connectivity index (χ1v) is 11.1. The van der Waals surface area contributed by atoms with E-state index < -0.39 is 0 Å². The molecule has 0 radical (unpaired) electrons. The van der Waals surface area contributed by atoms with Crippen molar-refractivity contribution >= 4 is 23.2 Å². The molecule has 3 N–H and O–H groups in total. The summed E-state index contributed by atoms with van der Waals surface area (Å²) in [6.45, 7) is 12.4. The summed E-state index contributed by atoms with van der Waals surface area (Å²) in [5.74, 6) is 0.940. The summed E-state index contributed by atoms with van der Waals surface area (Å²) in [6.07, 6.45) is 2.99. The van der Waals surface area contributed by atoms with Crippen LogP contribution in [0.4, 0.5) is 0 Å². The number of piperidine rings is 1. The monoisotopic (exact) mass is 408 g/mol. The molecule has 158 valence electrons. The maximum Gasteiger partial charge on any atom is 0.234 e. The average molecular weight is 409 g/mol. The molecule has 1 aromatic rings. The van der Waals surface area contributed by atoms with Crippen LogP contribution in [0.15, 0.2) is 10.4 Å². The van der Waals surface area contributed by atoms with Gasteiger partial charge in [-0.3, -0.25) is 14.7 Å². The standard InChI is InChI=1S/C20H36N6OS/c1-6-9-22-17(27)13-26-10-7-15(8-11-26)24-19(21-5)23-12-18-25-16(14-28-18)20(2,3)4/h14-15H,6-13H2,1-5H3,(H,22,27)(H2,21,23,24). The van der Waals surface area contributed by atoms with Crippen molar-refractivity contribution in [1.82, 2.24) is 25.8 Å². The normalized spacial score (nSPS) is 16.8. The quantitative estimate of drug-likeness (QED) is 0.475. The molecule has 0 atom stereocenters. The first kappa shape index (κ1) is 22.6. The Bertz CT molecular complexity index is 643. The van der Waals surface area contributed by atoms with Gasteiger partial charge in [0.15, 0.2) is 5.96 Å². The van der Waals surface area contributed by atoms with E-state index in [1.807, 2.05) is 0 Å². The van der Waals surface area contributed by atoms with Crippen LogP contribution in [0.5, 0.6) is 0 Å². The second kappa shape index (κ2) is 10.8. The maximum absolute atomic E-state index is 11.9. The Kier molecular flexibility index (Phi) is 8.69. The molecule has 1 aromatic heterocycles. The minimum Gasteiger partial charge on any atom is -0.355 e. The van der Waals surface area contributed by atoms with Crippen LogP contribution in [0.2, 0.25) is 0 Å². The fourth-order valence-corrected chi connectivity index (χ4v) is 4.00. The number of likely N-dealkylation sites (tertiary alicyclic amines) is 1. The van der Waals surface area contributed by atoms with E-state index >= 15 is 0 Å². The Balaban J connectivity index is 1.72. The van der Waals surface area contributed by atoms with Crippen molar-refractivity contribution in [3.05, 3.63) is 16.1 Å². The fraction of sp³-hybridized carbons (Fsp3) is 0.750. The third kappa shape index (κ3) is 7.39. The summed E-state index contributed by atoms with van der Waals surface area (Å²) in [5.41, 5.74) is 1.21. The van der Waals surface area contributed by atoms with E-state index in [0.29, 0.717) is 19.1 Å². The molecule has 0 spiro atoms. The Morgan fingerprint density at radius 3 is 2.61 bits per heavy atom.